The Morgan fingerprint density at radius 3 is 2.22 bits per heavy atom. The van der Waals surface area contributed by atoms with Crippen LogP contribution < -0.4 is 4.72 Å². The minimum absolute atomic E-state index is 0.0323. The molecule has 1 saturated carbocycles. The zero-order valence-corrected chi connectivity index (χ0v) is 19.9. The molecule has 10 heteroatoms. The predicted molar refractivity (Wildman–Crippen MR) is 121 cm³/mol. The van der Waals surface area contributed by atoms with Gasteiger partial charge in [-0.3, -0.25) is 0 Å². The second-order valence-corrected chi connectivity index (χ2v) is 12.5. The van der Waals surface area contributed by atoms with E-state index in [2.05, 4.69) is 4.72 Å². The number of nitrogens with zero attached hydrogens (tertiary/aromatic N) is 1. The summed E-state index contributed by atoms with van der Waals surface area (Å²) in [5, 5.41) is -0.0714. The van der Waals surface area contributed by atoms with Crippen molar-refractivity contribution < 1.29 is 21.2 Å². The van der Waals surface area contributed by atoms with Gasteiger partial charge >= 0.3 is 0 Å². The Hall–Kier alpha value is -1.52. The molecule has 1 N–H and O–H groups in total. The van der Waals surface area contributed by atoms with Gasteiger partial charge in [-0.1, -0.05) is 36.6 Å². The fourth-order valence-corrected chi connectivity index (χ4v) is 7.21. The molecule has 1 unspecified atom stereocenters. The maximum atomic E-state index is 13.6. The van der Waals surface area contributed by atoms with Crippen LogP contribution in [0.2, 0.25) is 5.02 Å². The van der Waals surface area contributed by atoms with Crippen LogP contribution in [0, 0.1) is 11.7 Å². The molecule has 1 heterocycles. The maximum absolute atomic E-state index is 13.6. The SMILES string of the molecule is O=S(=O)(NC(c1ccc(F)c(Cl)c1)C1CC1)c1cccc(S(=O)(=O)N2CCCCCC2)c1. The van der Waals surface area contributed by atoms with E-state index in [1.165, 1.54) is 46.8 Å². The fraction of sp³-hybridized carbons (Fsp3) is 0.455. The van der Waals surface area contributed by atoms with E-state index >= 15 is 0 Å². The minimum Gasteiger partial charge on any atom is -0.207 e. The van der Waals surface area contributed by atoms with Gasteiger partial charge in [0, 0.05) is 19.1 Å². The van der Waals surface area contributed by atoms with Crippen molar-refractivity contribution in [3.63, 3.8) is 0 Å². The van der Waals surface area contributed by atoms with Crippen molar-refractivity contribution in [2.75, 3.05) is 13.1 Å². The molecule has 1 aliphatic heterocycles. The Bertz CT molecular complexity index is 1190. The van der Waals surface area contributed by atoms with E-state index in [1.807, 2.05) is 0 Å². The first-order valence-corrected chi connectivity index (χ1v) is 14.1. The van der Waals surface area contributed by atoms with E-state index in [9.17, 15) is 21.2 Å². The van der Waals surface area contributed by atoms with Gasteiger partial charge in [0.25, 0.3) is 0 Å². The molecule has 0 aromatic heterocycles. The Balaban J connectivity index is 1.61. The second kappa shape index (κ2) is 9.38. The van der Waals surface area contributed by atoms with Gasteiger partial charge in [0.15, 0.2) is 0 Å². The number of hydrogen-bond acceptors (Lipinski definition) is 4. The zero-order chi connectivity index (χ0) is 22.9. The van der Waals surface area contributed by atoms with Gasteiger partial charge in [-0.25, -0.2) is 25.9 Å². The van der Waals surface area contributed by atoms with E-state index in [0.29, 0.717) is 18.7 Å². The first-order chi connectivity index (χ1) is 15.2. The molecule has 0 spiro atoms. The molecule has 2 aromatic rings. The van der Waals surface area contributed by atoms with Crippen molar-refractivity contribution in [1.82, 2.24) is 9.03 Å². The molecule has 2 fully saturated rings. The van der Waals surface area contributed by atoms with Crippen LogP contribution in [0.25, 0.3) is 0 Å². The van der Waals surface area contributed by atoms with Gasteiger partial charge in [-0.2, -0.15) is 4.31 Å². The first kappa shape index (κ1) is 23.6. The summed E-state index contributed by atoms with van der Waals surface area (Å²) in [6.45, 7) is 0.874. The Morgan fingerprint density at radius 1 is 0.938 bits per heavy atom. The van der Waals surface area contributed by atoms with E-state index in [0.717, 1.165) is 38.5 Å². The molecule has 32 heavy (non-hydrogen) atoms. The molecule has 2 aromatic carbocycles. The molecular weight excluding hydrogens is 475 g/mol. The molecular formula is C22H26ClFN2O4S2. The van der Waals surface area contributed by atoms with Crippen molar-refractivity contribution in [3.05, 3.63) is 58.9 Å². The van der Waals surface area contributed by atoms with Gasteiger partial charge in [0.2, 0.25) is 20.0 Å². The molecule has 1 atom stereocenters. The molecule has 0 bridgehead atoms. The summed E-state index contributed by atoms with van der Waals surface area (Å²) in [5.41, 5.74) is 0.579. The van der Waals surface area contributed by atoms with Gasteiger partial charge in [-0.05, 0) is 67.5 Å². The molecule has 0 radical (unpaired) electrons. The highest BCUT2D eigenvalue weighted by molar-refractivity contribution is 7.90. The average molecular weight is 501 g/mol. The topological polar surface area (TPSA) is 83.5 Å². The summed E-state index contributed by atoms with van der Waals surface area (Å²) < 4.78 is 70.3. The van der Waals surface area contributed by atoms with Gasteiger partial charge in [0.1, 0.15) is 5.82 Å². The Morgan fingerprint density at radius 2 is 1.59 bits per heavy atom. The van der Waals surface area contributed by atoms with Crippen molar-refractivity contribution in [1.29, 1.82) is 0 Å². The van der Waals surface area contributed by atoms with Gasteiger partial charge < -0.3 is 0 Å². The summed E-state index contributed by atoms with van der Waals surface area (Å²) in [4.78, 5) is -0.151. The summed E-state index contributed by atoms with van der Waals surface area (Å²) in [6.07, 6.45) is 5.24. The van der Waals surface area contributed by atoms with E-state index in [-0.39, 0.29) is 20.7 Å². The van der Waals surface area contributed by atoms with Crippen LogP contribution in [-0.4, -0.2) is 34.2 Å². The summed E-state index contributed by atoms with van der Waals surface area (Å²) in [6, 6.07) is 9.07. The smallest absolute Gasteiger partial charge is 0.207 e. The lowest BCUT2D eigenvalue weighted by Crippen LogP contribution is -2.32. The van der Waals surface area contributed by atoms with Crippen LogP contribution in [0.1, 0.15) is 50.1 Å². The fourth-order valence-electron chi connectivity index (χ4n) is 4.04. The molecule has 174 valence electrons. The lowest BCUT2D eigenvalue weighted by atomic mass is 10.0. The van der Waals surface area contributed by atoms with Crippen LogP contribution in [0.4, 0.5) is 4.39 Å². The Labute approximate surface area is 193 Å². The standard InChI is InChI=1S/C22H26ClFN2O4S2/c23-20-14-17(10-11-21(20)24)22(16-8-9-16)25-31(27,28)18-6-5-7-19(15-18)32(29,30)26-12-3-1-2-4-13-26/h5-7,10-11,14-16,22,25H,1-4,8-9,12-13H2. The summed E-state index contributed by atoms with van der Waals surface area (Å²) in [7, 11) is -7.81. The number of sulfonamides is 2. The van der Waals surface area contributed by atoms with Crippen LogP contribution in [0.3, 0.4) is 0 Å². The molecule has 0 amide bonds. The van der Waals surface area contributed by atoms with Crippen LogP contribution in [-0.2, 0) is 20.0 Å². The molecule has 2 aliphatic rings. The lowest BCUT2D eigenvalue weighted by Gasteiger charge is -2.21. The highest BCUT2D eigenvalue weighted by Crippen LogP contribution is 2.42. The molecule has 4 rings (SSSR count). The Kier molecular flexibility index (Phi) is 6.93. The second-order valence-electron chi connectivity index (χ2n) is 8.40. The largest absolute Gasteiger partial charge is 0.243 e. The van der Waals surface area contributed by atoms with E-state index in [4.69, 9.17) is 11.6 Å². The third-order valence-corrected chi connectivity index (χ3v) is 9.62. The third-order valence-electron chi connectivity index (χ3n) is 6.00. The number of rotatable bonds is 7. The highest BCUT2D eigenvalue weighted by atomic mass is 35.5. The minimum atomic E-state index is -4.03. The van der Waals surface area contributed by atoms with Crippen molar-refractivity contribution in [2.24, 2.45) is 5.92 Å². The van der Waals surface area contributed by atoms with E-state index in [1.54, 1.807) is 0 Å². The van der Waals surface area contributed by atoms with Crippen molar-refractivity contribution in [3.8, 4) is 0 Å². The highest BCUT2D eigenvalue weighted by Gasteiger charge is 2.36. The number of hydrogen-bond donors (Lipinski definition) is 1. The monoisotopic (exact) mass is 500 g/mol. The quantitative estimate of drug-likeness (QED) is 0.607. The van der Waals surface area contributed by atoms with Gasteiger partial charge in [-0.15, -0.1) is 0 Å². The van der Waals surface area contributed by atoms with Crippen molar-refractivity contribution in [2.45, 2.75) is 54.4 Å². The van der Waals surface area contributed by atoms with Crippen molar-refractivity contribution >= 4 is 31.6 Å². The predicted octanol–water partition coefficient (Wildman–Crippen LogP) is 4.47. The zero-order valence-electron chi connectivity index (χ0n) is 17.5. The van der Waals surface area contributed by atoms with E-state index < -0.39 is 31.9 Å². The average Bonchev–Trinajstić information content (AvgIpc) is 3.61. The summed E-state index contributed by atoms with van der Waals surface area (Å²) in [5.74, 6) is -0.491. The molecule has 1 saturated heterocycles. The van der Waals surface area contributed by atoms with Crippen LogP contribution >= 0.6 is 11.6 Å². The number of benzene rings is 2. The third kappa shape index (κ3) is 5.17. The van der Waals surface area contributed by atoms with Crippen LogP contribution in [0.5, 0.6) is 0 Å². The first-order valence-electron chi connectivity index (χ1n) is 10.8. The maximum Gasteiger partial charge on any atom is 0.243 e. The van der Waals surface area contributed by atoms with Gasteiger partial charge in [0.05, 0.1) is 14.8 Å². The summed E-state index contributed by atoms with van der Waals surface area (Å²) >= 11 is 5.90. The number of nitrogens with one attached hydrogen (secondary N) is 1. The molecule has 1 aliphatic carbocycles. The van der Waals surface area contributed by atoms with Crippen LogP contribution in [0.15, 0.2) is 52.3 Å². The molecule has 6 nitrogen and oxygen atoms in total. The normalized spacial score (nSPS) is 19.4. The lowest BCUT2D eigenvalue weighted by molar-refractivity contribution is 0.423. The number of halogens is 2.